The summed E-state index contributed by atoms with van der Waals surface area (Å²) in [6.07, 6.45) is 0.320. The van der Waals surface area contributed by atoms with Gasteiger partial charge in [-0.1, -0.05) is 17.3 Å². The smallest absolute Gasteiger partial charge is 0.261 e. The minimum absolute atomic E-state index is 0.00920. The zero-order chi connectivity index (χ0) is 19.8. The van der Waals surface area contributed by atoms with Gasteiger partial charge in [0.15, 0.2) is 17.3 Å². The lowest BCUT2D eigenvalue weighted by Crippen LogP contribution is -2.24. The fourth-order valence-corrected chi connectivity index (χ4v) is 3.62. The number of carbonyl (C=O) groups is 1. The standard InChI is InChI=1S/C21H19N3O5/c1-2-26-16-6-4-3-5-15(16)21-22-20(23-29-21)13-9-19(25)24(11-13)14-7-8-17-18(10-14)28-12-27-17/h3-8,10,13H,2,9,11-12H2,1H3. The van der Waals surface area contributed by atoms with Crippen molar-refractivity contribution in [3.63, 3.8) is 0 Å². The van der Waals surface area contributed by atoms with E-state index in [2.05, 4.69) is 10.1 Å². The zero-order valence-electron chi connectivity index (χ0n) is 15.8. The van der Waals surface area contributed by atoms with Crippen LogP contribution in [0.3, 0.4) is 0 Å². The van der Waals surface area contributed by atoms with Gasteiger partial charge in [-0.15, -0.1) is 0 Å². The van der Waals surface area contributed by atoms with E-state index in [0.717, 1.165) is 11.3 Å². The maximum atomic E-state index is 12.6. The van der Waals surface area contributed by atoms with Crippen LogP contribution in [-0.2, 0) is 4.79 Å². The molecule has 1 aromatic heterocycles. The van der Waals surface area contributed by atoms with E-state index in [1.54, 1.807) is 4.90 Å². The van der Waals surface area contributed by atoms with Gasteiger partial charge in [-0.25, -0.2) is 0 Å². The Morgan fingerprint density at radius 3 is 2.93 bits per heavy atom. The van der Waals surface area contributed by atoms with Crippen LogP contribution in [0.4, 0.5) is 5.69 Å². The SMILES string of the molecule is CCOc1ccccc1-c1nc(C2CC(=O)N(c3ccc4c(c3)OCO4)C2)no1. The first-order valence-corrected chi connectivity index (χ1v) is 9.48. The monoisotopic (exact) mass is 393 g/mol. The average Bonchev–Trinajstić information content (AvgIpc) is 3.47. The average molecular weight is 393 g/mol. The first-order valence-electron chi connectivity index (χ1n) is 9.48. The molecule has 29 heavy (non-hydrogen) atoms. The van der Waals surface area contributed by atoms with Crippen molar-refractivity contribution in [2.24, 2.45) is 0 Å². The minimum atomic E-state index is -0.148. The number of anilines is 1. The maximum Gasteiger partial charge on any atom is 0.261 e. The van der Waals surface area contributed by atoms with Gasteiger partial charge in [0.1, 0.15) is 5.75 Å². The van der Waals surface area contributed by atoms with Gasteiger partial charge in [-0.2, -0.15) is 4.98 Å². The molecular weight excluding hydrogens is 374 g/mol. The molecule has 8 nitrogen and oxygen atoms in total. The third-order valence-corrected chi connectivity index (χ3v) is 5.02. The molecule has 3 aromatic rings. The molecule has 1 saturated heterocycles. The van der Waals surface area contributed by atoms with Crippen LogP contribution in [0.25, 0.3) is 11.5 Å². The molecule has 5 rings (SSSR count). The highest BCUT2D eigenvalue weighted by atomic mass is 16.7. The van der Waals surface area contributed by atoms with Crippen LogP contribution < -0.4 is 19.1 Å². The number of carbonyl (C=O) groups excluding carboxylic acids is 1. The summed E-state index contributed by atoms with van der Waals surface area (Å²) in [5.41, 5.74) is 1.51. The molecule has 148 valence electrons. The second-order valence-corrected chi connectivity index (χ2v) is 6.83. The lowest BCUT2D eigenvalue weighted by atomic mass is 10.1. The first-order chi connectivity index (χ1) is 14.2. The summed E-state index contributed by atoms with van der Waals surface area (Å²) in [6.45, 7) is 3.14. The molecule has 0 aliphatic carbocycles. The zero-order valence-corrected chi connectivity index (χ0v) is 15.8. The van der Waals surface area contributed by atoms with E-state index in [4.69, 9.17) is 18.7 Å². The third kappa shape index (κ3) is 3.16. The second-order valence-electron chi connectivity index (χ2n) is 6.83. The van der Waals surface area contributed by atoms with Gasteiger partial charge in [-0.05, 0) is 31.2 Å². The number of aromatic nitrogens is 2. The third-order valence-electron chi connectivity index (χ3n) is 5.02. The van der Waals surface area contributed by atoms with Gasteiger partial charge in [-0.3, -0.25) is 4.79 Å². The molecular formula is C21H19N3O5. The van der Waals surface area contributed by atoms with Crippen molar-refractivity contribution in [1.82, 2.24) is 10.1 Å². The van der Waals surface area contributed by atoms with Crippen LogP contribution in [0.15, 0.2) is 47.0 Å². The summed E-state index contributed by atoms with van der Waals surface area (Å²) in [7, 11) is 0. The number of para-hydroxylation sites is 1. The number of rotatable bonds is 5. The van der Waals surface area contributed by atoms with Crippen LogP contribution >= 0.6 is 0 Å². The molecule has 0 radical (unpaired) electrons. The number of ether oxygens (including phenoxy) is 3. The van der Waals surface area contributed by atoms with Crippen molar-refractivity contribution in [1.29, 1.82) is 0 Å². The molecule has 0 N–H and O–H groups in total. The van der Waals surface area contributed by atoms with Gasteiger partial charge in [0.2, 0.25) is 12.7 Å². The Kier molecular flexibility index (Phi) is 4.31. The van der Waals surface area contributed by atoms with E-state index in [-0.39, 0.29) is 18.6 Å². The van der Waals surface area contributed by atoms with Crippen LogP contribution in [0, 0.1) is 0 Å². The number of hydrogen-bond donors (Lipinski definition) is 0. The highest BCUT2D eigenvalue weighted by Gasteiger charge is 2.35. The van der Waals surface area contributed by atoms with Crippen LogP contribution in [0.2, 0.25) is 0 Å². The molecule has 2 aliphatic rings. The topological polar surface area (TPSA) is 86.9 Å². The molecule has 0 saturated carbocycles. The summed E-state index contributed by atoms with van der Waals surface area (Å²) < 4.78 is 21.9. The number of fused-ring (bicyclic) bond motifs is 1. The summed E-state index contributed by atoms with van der Waals surface area (Å²) in [5.74, 6) is 2.79. The van der Waals surface area contributed by atoms with Crippen LogP contribution in [-0.4, -0.2) is 36.0 Å². The predicted molar refractivity (Wildman–Crippen MR) is 103 cm³/mol. The molecule has 8 heteroatoms. The Labute approximate surface area is 167 Å². The fourth-order valence-electron chi connectivity index (χ4n) is 3.62. The Morgan fingerprint density at radius 1 is 1.17 bits per heavy atom. The molecule has 1 unspecified atom stereocenters. The summed E-state index contributed by atoms with van der Waals surface area (Å²) in [5, 5.41) is 4.13. The molecule has 3 heterocycles. The molecule has 2 aromatic carbocycles. The minimum Gasteiger partial charge on any atom is -0.493 e. The summed E-state index contributed by atoms with van der Waals surface area (Å²) in [6, 6.07) is 13.0. The van der Waals surface area contributed by atoms with E-state index in [0.29, 0.717) is 48.5 Å². The van der Waals surface area contributed by atoms with Crippen molar-refractivity contribution < 1.29 is 23.5 Å². The first kappa shape index (κ1) is 17.5. The van der Waals surface area contributed by atoms with Gasteiger partial charge in [0.25, 0.3) is 5.89 Å². The number of amides is 1. The number of hydrogen-bond acceptors (Lipinski definition) is 7. The summed E-state index contributed by atoms with van der Waals surface area (Å²) >= 11 is 0. The molecule has 2 aliphatic heterocycles. The fraction of sp³-hybridized carbons (Fsp3) is 0.286. The molecule has 1 fully saturated rings. The van der Waals surface area contributed by atoms with Crippen LogP contribution in [0.5, 0.6) is 17.2 Å². The van der Waals surface area contributed by atoms with Crippen molar-refractivity contribution in [2.75, 3.05) is 24.8 Å². The van der Waals surface area contributed by atoms with E-state index in [1.165, 1.54) is 0 Å². The molecule has 1 atom stereocenters. The summed E-state index contributed by atoms with van der Waals surface area (Å²) in [4.78, 5) is 18.9. The molecule has 0 spiro atoms. The predicted octanol–water partition coefficient (Wildman–Crippen LogP) is 3.38. The largest absolute Gasteiger partial charge is 0.493 e. The Bertz CT molecular complexity index is 1060. The molecule has 0 bridgehead atoms. The lowest BCUT2D eigenvalue weighted by molar-refractivity contribution is -0.117. The van der Waals surface area contributed by atoms with E-state index in [9.17, 15) is 4.79 Å². The highest BCUT2D eigenvalue weighted by Crippen LogP contribution is 2.38. The van der Waals surface area contributed by atoms with E-state index >= 15 is 0 Å². The Morgan fingerprint density at radius 2 is 2.03 bits per heavy atom. The van der Waals surface area contributed by atoms with Crippen molar-refractivity contribution >= 4 is 11.6 Å². The maximum absolute atomic E-state index is 12.6. The van der Waals surface area contributed by atoms with Gasteiger partial charge in [0, 0.05) is 30.6 Å². The van der Waals surface area contributed by atoms with Crippen molar-refractivity contribution in [3.05, 3.63) is 48.3 Å². The lowest BCUT2D eigenvalue weighted by Gasteiger charge is -2.16. The van der Waals surface area contributed by atoms with E-state index < -0.39 is 0 Å². The van der Waals surface area contributed by atoms with Crippen LogP contribution in [0.1, 0.15) is 25.1 Å². The quantitative estimate of drug-likeness (QED) is 0.657. The highest BCUT2D eigenvalue weighted by molar-refractivity contribution is 5.96. The van der Waals surface area contributed by atoms with Gasteiger partial charge >= 0.3 is 0 Å². The van der Waals surface area contributed by atoms with Gasteiger partial charge in [0.05, 0.1) is 12.2 Å². The second kappa shape index (κ2) is 7.12. The Hall–Kier alpha value is -3.55. The van der Waals surface area contributed by atoms with E-state index in [1.807, 2.05) is 49.4 Å². The van der Waals surface area contributed by atoms with Crippen molar-refractivity contribution in [3.8, 4) is 28.7 Å². The molecule has 1 amide bonds. The number of nitrogens with zero attached hydrogens (tertiary/aromatic N) is 3. The van der Waals surface area contributed by atoms with Gasteiger partial charge < -0.3 is 23.6 Å². The van der Waals surface area contributed by atoms with Crippen molar-refractivity contribution in [2.45, 2.75) is 19.3 Å². The normalized spacial score (nSPS) is 17.8. The Balaban J connectivity index is 1.37. The number of benzene rings is 2.